The van der Waals surface area contributed by atoms with Gasteiger partial charge in [0.25, 0.3) is 0 Å². The molecule has 8 aromatic carbocycles. The molecular weight excluding hydrogens is 556 g/mol. The van der Waals surface area contributed by atoms with E-state index >= 15 is 0 Å². The van der Waals surface area contributed by atoms with Crippen LogP contribution < -0.4 is 4.74 Å². The average molecular weight is 587 g/mol. The SMILES string of the molecule is CC1(C)c2ccc(-c3ccc4c(c3)-c3cccc5cccc(c35)O4)cc2-c2c1ccc1c(-c3cccc4ccccc34)cccc21. The Labute approximate surface area is 268 Å². The topological polar surface area (TPSA) is 9.23 Å². The van der Waals surface area contributed by atoms with Crippen LogP contribution in [0.4, 0.5) is 0 Å². The first-order valence-corrected chi connectivity index (χ1v) is 16.1. The van der Waals surface area contributed by atoms with E-state index in [4.69, 9.17) is 4.74 Å². The quantitative estimate of drug-likeness (QED) is 0.196. The third-order valence-electron chi connectivity index (χ3n) is 10.5. The van der Waals surface area contributed by atoms with E-state index in [1.54, 1.807) is 0 Å². The standard InChI is InChI=1S/C45H30O/c1-45(2)39-22-19-29(30-20-24-41-37(25-30)36-16-6-11-28-12-7-18-42(46-41)43(28)36)26-38(39)44-35-17-8-15-33(34(35)21-23-40(44)45)32-14-5-10-27-9-3-4-13-31(27)32/h3-26H,1-2H3. The zero-order valence-electron chi connectivity index (χ0n) is 25.8. The summed E-state index contributed by atoms with van der Waals surface area (Å²) in [5, 5.41) is 7.56. The highest BCUT2D eigenvalue weighted by Crippen LogP contribution is 2.54. The smallest absolute Gasteiger partial charge is 0.135 e. The molecule has 0 spiro atoms. The number of hydrogen-bond donors (Lipinski definition) is 0. The monoisotopic (exact) mass is 586 g/mol. The van der Waals surface area contributed by atoms with Gasteiger partial charge in [-0.1, -0.05) is 135 Å². The third kappa shape index (κ3) is 3.46. The summed E-state index contributed by atoms with van der Waals surface area (Å²) in [5.74, 6) is 1.84. The lowest BCUT2D eigenvalue weighted by atomic mass is 9.81. The number of benzene rings is 8. The van der Waals surface area contributed by atoms with E-state index in [1.165, 1.54) is 82.4 Å². The molecule has 0 fully saturated rings. The average Bonchev–Trinajstić information content (AvgIpc) is 3.33. The Hall–Kier alpha value is -5.66. The molecule has 0 radical (unpaired) electrons. The molecule has 0 atom stereocenters. The number of rotatable bonds is 2. The van der Waals surface area contributed by atoms with Crippen molar-refractivity contribution in [1.29, 1.82) is 0 Å². The summed E-state index contributed by atoms with van der Waals surface area (Å²) in [6.45, 7) is 4.73. The lowest BCUT2D eigenvalue weighted by Crippen LogP contribution is -2.14. The van der Waals surface area contributed by atoms with Gasteiger partial charge in [0.2, 0.25) is 0 Å². The first-order chi connectivity index (χ1) is 22.6. The second kappa shape index (κ2) is 9.19. The Bertz CT molecular complexity index is 2570. The summed E-state index contributed by atoms with van der Waals surface area (Å²) < 4.78 is 6.41. The van der Waals surface area contributed by atoms with Gasteiger partial charge in [0.15, 0.2) is 0 Å². The maximum absolute atomic E-state index is 6.41. The lowest BCUT2D eigenvalue weighted by Gasteiger charge is -2.22. The lowest BCUT2D eigenvalue weighted by molar-refractivity contribution is 0.487. The molecule has 0 amide bonds. The number of fused-ring (bicyclic) bond motifs is 8. The highest BCUT2D eigenvalue weighted by Gasteiger charge is 2.37. The van der Waals surface area contributed by atoms with Gasteiger partial charge in [-0.15, -0.1) is 0 Å². The minimum atomic E-state index is -0.0874. The third-order valence-corrected chi connectivity index (χ3v) is 10.5. The summed E-state index contributed by atoms with van der Waals surface area (Å²) in [4.78, 5) is 0. The fraction of sp³-hybridized carbons (Fsp3) is 0.0667. The van der Waals surface area contributed by atoms with Crippen LogP contribution in [0.2, 0.25) is 0 Å². The summed E-state index contributed by atoms with van der Waals surface area (Å²) in [7, 11) is 0. The van der Waals surface area contributed by atoms with E-state index in [0.717, 1.165) is 17.1 Å². The van der Waals surface area contributed by atoms with Gasteiger partial charge in [-0.05, 0) is 101 Å². The molecule has 0 bridgehead atoms. The van der Waals surface area contributed by atoms with Gasteiger partial charge < -0.3 is 4.74 Å². The molecule has 1 nitrogen and oxygen atoms in total. The van der Waals surface area contributed by atoms with Gasteiger partial charge >= 0.3 is 0 Å². The van der Waals surface area contributed by atoms with Crippen LogP contribution in [0, 0.1) is 0 Å². The van der Waals surface area contributed by atoms with Crippen molar-refractivity contribution in [2.75, 3.05) is 0 Å². The van der Waals surface area contributed by atoms with Crippen LogP contribution in [-0.2, 0) is 5.41 Å². The van der Waals surface area contributed by atoms with Crippen LogP contribution in [0.3, 0.4) is 0 Å². The van der Waals surface area contributed by atoms with Crippen molar-refractivity contribution in [3.63, 3.8) is 0 Å². The highest BCUT2D eigenvalue weighted by molar-refractivity contribution is 6.11. The molecular formula is C45H30O. The van der Waals surface area contributed by atoms with Crippen molar-refractivity contribution in [2.24, 2.45) is 0 Å². The largest absolute Gasteiger partial charge is 0.456 e. The minimum absolute atomic E-state index is 0.0874. The minimum Gasteiger partial charge on any atom is -0.456 e. The van der Waals surface area contributed by atoms with E-state index in [9.17, 15) is 0 Å². The van der Waals surface area contributed by atoms with Crippen LogP contribution in [-0.4, -0.2) is 0 Å². The summed E-state index contributed by atoms with van der Waals surface area (Å²) in [5.41, 5.74) is 12.7. The Morgan fingerprint density at radius 1 is 0.413 bits per heavy atom. The second-order valence-electron chi connectivity index (χ2n) is 13.3. The predicted octanol–water partition coefficient (Wildman–Crippen LogP) is 12.6. The Kier molecular flexibility index (Phi) is 5.12. The fourth-order valence-electron chi connectivity index (χ4n) is 8.23. The van der Waals surface area contributed by atoms with Crippen LogP contribution in [0.1, 0.15) is 25.0 Å². The van der Waals surface area contributed by atoms with Crippen LogP contribution in [0.5, 0.6) is 11.5 Å². The van der Waals surface area contributed by atoms with E-state index in [1.807, 2.05) is 0 Å². The molecule has 1 aliphatic carbocycles. The van der Waals surface area contributed by atoms with Crippen molar-refractivity contribution in [2.45, 2.75) is 19.3 Å². The number of hydrogen-bond acceptors (Lipinski definition) is 1. The molecule has 1 heterocycles. The maximum atomic E-state index is 6.41. The van der Waals surface area contributed by atoms with Crippen LogP contribution >= 0.6 is 0 Å². The molecule has 0 saturated carbocycles. The fourth-order valence-corrected chi connectivity index (χ4v) is 8.23. The molecule has 0 aromatic heterocycles. The highest BCUT2D eigenvalue weighted by atomic mass is 16.5. The number of ether oxygens (including phenoxy) is 1. The normalized spacial score (nSPS) is 13.8. The molecule has 0 N–H and O–H groups in total. The van der Waals surface area contributed by atoms with Crippen molar-refractivity contribution in [1.82, 2.24) is 0 Å². The van der Waals surface area contributed by atoms with E-state index in [0.29, 0.717) is 0 Å². The first-order valence-electron chi connectivity index (χ1n) is 16.1. The molecule has 0 unspecified atom stereocenters. The van der Waals surface area contributed by atoms with Crippen molar-refractivity contribution in [3.8, 4) is 56.0 Å². The van der Waals surface area contributed by atoms with Gasteiger partial charge in [-0.2, -0.15) is 0 Å². The van der Waals surface area contributed by atoms with Crippen LogP contribution in [0.15, 0.2) is 146 Å². The molecule has 1 heteroatoms. The molecule has 216 valence electrons. The molecule has 10 rings (SSSR count). The van der Waals surface area contributed by atoms with E-state index in [2.05, 4.69) is 159 Å². The zero-order chi connectivity index (χ0) is 30.6. The Balaban J connectivity index is 1.17. The maximum Gasteiger partial charge on any atom is 0.135 e. The van der Waals surface area contributed by atoms with Gasteiger partial charge in [-0.25, -0.2) is 0 Å². The van der Waals surface area contributed by atoms with E-state index < -0.39 is 0 Å². The zero-order valence-corrected chi connectivity index (χ0v) is 25.8. The second-order valence-corrected chi connectivity index (χ2v) is 13.3. The first kappa shape index (κ1) is 25.6. The van der Waals surface area contributed by atoms with Crippen molar-refractivity contribution >= 4 is 32.3 Å². The summed E-state index contributed by atoms with van der Waals surface area (Å²) in [6.07, 6.45) is 0. The Morgan fingerprint density at radius 2 is 1.04 bits per heavy atom. The van der Waals surface area contributed by atoms with E-state index in [-0.39, 0.29) is 5.41 Å². The van der Waals surface area contributed by atoms with Gasteiger partial charge in [-0.3, -0.25) is 0 Å². The van der Waals surface area contributed by atoms with Gasteiger partial charge in [0.05, 0.1) is 0 Å². The molecule has 0 saturated heterocycles. The molecule has 8 aromatic rings. The molecule has 1 aliphatic heterocycles. The van der Waals surface area contributed by atoms with Crippen molar-refractivity contribution < 1.29 is 4.74 Å². The summed E-state index contributed by atoms with van der Waals surface area (Å²) >= 11 is 0. The predicted molar refractivity (Wildman–Crippen MR) is 193 cm³/mol. The van der Waals surface area contributed by atoms with Gasteiger partial charge in [0, 0.05) is 16.4 Å². The molecule has 2 aliphatic rings. The van der Waals surface area contributed by atoms with Crippen molar-refractivity contribution in [3.05, 3.63) is 157 Å². The van der Waals surface area contributed by atoms with Crippen LogP contribution in [0.25, 0.3) is 76.8 Å². The summed E-state index contributed by atoms with van der Waals surface area (Å²) in [6, 6.07) is 53.5. The Morgan fingerprint density at radius 3 is 1.91 bits per heavy atom. The van der Waals surface area contributed by atoms with Gasteiger partial charge in [0.1, 0.15) is 11.5 Å². The molecule has 46 heavy (non-hydrogen) atoms.